The molecule has 2 heterocycles. The van der Waals surface area contributed by atoms with E-state index in [1.165, 1.54) is 5.56 Å². The number of carbonyl (C=O) groups excluding carboxylic acids is 1. The molecule has 0 bridgehead atoms. The zero-order valence-corrected chi connectivity index (χ0v) is 17.6. The van der Waals surface area contributed by atoms with Crippen LogP contribution in [0, 0.1) is 0 Å². The van der Waals surface area contributed by atoms with Gasteiger partial charge >= 0.3 is 0 Å². The van der Waals surface area contributed by atoms with Gasteiger partial charge in [0.15, 0.2) is 0 Å². The molecular weight excluding hydrogens is 425 g/mol. The zero-order valence-electron chi connectivity index (χ0n) is 15.3. The molecule has 0 unspecified atom stereocenters. The van der Waals surface area contributed by atoms with Crippen LogP contribution in [0.15, 0.2) is 72.1 Å². The van der Waals surface area contributed by atoms with Gasteiger partial charge in [-0.15, -0.1) is 11.3 Å². The van der Waals surface area contributed by atoms with E-state index in [1.807, 2.05) is 47.8 Å². The summed E-state index contributed by atoms with van der Waals surface area (Å²) in [7, 11) is 0. The van der Waals surface area contributed by atoms with Crippen LogP contribution in [0.1, 0.15) is 16.1 Å². The molecule has 0 atom stereocenters. The minimum atomic E-state index is -0.192. The first kappa shape index (κ1) is 19.7. The van der Waals surface area contributed by atoms with E-state index in [-0.39, 0.29) is 5.91 Å². The standard InChI is InChI=1S/C22H17Cl2N3OS/c23-17-9-8-16(13-18(17)24)27-20(14-19(26-27)21-7-4-12-29-21)22(28)25-11-10-15-5-2-1-3-6-15/h1-9,12-14H,10-11H2,(H,25,28). The Bertz CT molecular complexity index is 1120. The summed E-state index contributed by atoms with van der Waals surface area (Å²) in [4.78, 5) is 13.9. The Morgan fingerprint density at radius 1 is 1.00 bits per heavy atom. The van der Waals surface area contributed by atoms with Crippen molar-refractivity contribution in [3.8, 4) is 16.3 Å². The summed E-state index contributed by atoms with van der Waals surface area (Å²) < 4.78 is 1.61. The molecule has 2 aromatic carbocycles. The monoisotopic (exact) mass is 441 g/mol. The largest absolute Gasteiger partial charge is 0.350 e. The maximum atomic E-state index is 12.9. The van der Waals surface area contributed by atoms with Gasteiger partial charge in [-0.25, -0.2) is 4.68 Å². The summed E-state index contributed by atoms with van der Waals surface area (Å²) >= 11 is 13.8. The van der Waals surface area contributed by atoms with Gasteiger partial charge in [0.05, 0.1) is 20.6 Å². The molecule has 0 radical (unpaired) electrons. The SMILES string of the molecule is O=C(NCCc1ccccc1)c1cc(-c2cccs2)nn1-c1ccc(Cl)c(Cl)c1. The van der Waals surface area contributed by atoms with Crippen molar-refractivity contribution in [1.29, 1.82) is 0 Å². The Balaban J connectivity index is 1.61. The van der Waals surface area contributed by atoms with E-state index in [0.29, 0.717) is 28.0 Å². The maximum Gasteiger partial charge on any atom is 0.270 e. The quantitative estimate of drug-likeness (QED) is 0.405. The van der Waals surface area contributed by atoms with Crippen molar-refractivity contribution in [2.45, 2.75) is 6.42 Å². The first-order chi connectivity index (χ1) is 14.1. The summed E-state index contributed by atoms with van der Waals surface area (Å²) in [6.07, 6.45) is 0.755. The number of benzene rings is 2. The molecule has 0 aliphatic carbocycles. The average Bonchev–Trinajstić information content (AvgIpc) is 3.40. The first-order valence-corrected chi connectivity index (χ1v) is 10.7. The molecule has 0 aliphatic rings. The van der Waals surface area contributed by atoms with Crippen LogP contribution in [0.4, 0.5) is 0 Å². The molecular formula is C22H17Cl2N3OS. The van der Waals surface area contributed by atoms with E-state index >= 15 is 0 Å². The summed E-state index contributed by atoms with van der Waals surface area (Å²) in [5.41, 5.74) is 3.03. The summed E-state index contributed by atoms with van der Waals surface area (Å²) in [5, 5.41) is 10.5. The number of hydrogen-bond donors (Lipinski definition) is 1. The molecule has 1 N–H and O–H groups in total. The second-order valence-corrected chi connectivity index (χ2v) is 8.16. The number of nitrogens with zero attached hydrogens (tertiary/aromatic N) is 2. The molecule has 4 nitrogen and oxygen atoms in total. The van der Waals surface area contributed by atoms with Crippen molar-refractivity contribution in [2.24, 2.45) is 0 Å². The lowest BCUT2D eigenvalue weighted by atomic mass is 10.1. The Labute approximate surface area is 182 Å². The van der Waals surface area contributed by atoms with Crippen LogP contribution in [-0.2, 0) is 6.42 Å². The van der Waals surface area contributed by atoms with Crippen LogP contribution >= 0.6 is 34.5 Å². The number of hydrogen-bond acceptors (Lipinski definition) is 3. The highest BCUT2D eigenvalue weighted by Gasteiger charge is 2.18. The lowest BCUT2D eigenvalue weighted by Crippen LogP contribution is -2.27. The number of halogens is 2. The van der Waals surface area contributed by atoms with Gasteiger partial charge in [0.2, 0.25) is 0 Å². The highest BCUT2D eigenvalue weighted by Crippen LogP contribution is 2.28. The highest BCUT2D eigenvalue weighted by atomic mass is 35.5. The van der Waals surface area contributed by atoms with Crippen molar-refractivity contribution in [2.75, 3.05) is 6.54 Å². The third kappa shape index (κ3) is 4.53. The molecule has 0 fully saturated rings. The van der Waals surface area contributed by atoms with Crippen LogP contribution in [-0.4, -0.2) is 22.2 Å². The molecule has 4 rings (SSSR count). The topological polar surface area (TPSA) is 46.9 Å². The van der Waals surface area contributed by atoms with Gasteiger partial charge in [-0.2, -0.15) is 5.10 Å². The molecule has 0 saturated carbocycles. The van der Waals surface area contributed by atoms with Crippen molar-refractivity contribution >= 4 is 40.4 Å². The van der Waals surface area contributed by atoms with Gasteiger partial charge in [0.1, 0.15) is 11.4 Å². The van der Waals surface area contributed by atoms with Crippen LogP contribution in [0.3, 0.4) is 0 Å². The molecule has 0 spiro atoms. The molecule has 29 heavy (non-hydrogen) atoms. The van der Waals surface area contributed by atoms with Crippen LogP contribution < -0.4 is 5.32 Å². The lowest BCUT2D eigenvalue weighted by Gasteiger charge is -2.09. The summed E-state index contributed by atoms with van der Waals surface area (Å²) in [5.74, 6) is -0.192. The van der Waals surface area contributed by atoms with Gasteiger partial charge in [0, 0.05) is 6.54 Å². The smallest absolute Gasteiger partial charge is 0.270 e. The Morgan fingerprint density at radius 2 is 1.83 bits per heavy atom. The summed E-state index contributed by atoms with van der Waals surface area (Å²) in [6, 6.07) is 21.0. The predicted octanol–water partition coefficient (Wildman–Crippen LogP) is 5.88. The van der Waals surface area contributed by atoms with Crippen molar-refractivity contribution in [3.05, 3.63) is 93.4 Å². The number of nitrogens with one attached hydrogen (secondary N) is 1. The van der Waals surface area contributed by atoms with E-state index in [4.69, 9.17) is 23.2 Å². The Kier molecular flexibility index (Phi) is 6.00. The van der Waals surface area contributed by atoms with E-state index in [1.54, 1.807) is 40.3 Å². The Hall–Kier alpha value is -2.60. The van der Waals surface area contributed by atoms with Crippen molar-refractivity contribution in [1.82, 2.24) is 15.1 Å². The van der Waals surface area contributed by atoms with Gasteiger partial charge in [-0.3, -0.25) is 4.79 Å². The highest BCUT2D eigenvalue weighted by molar-refractivity contribution is 7.13. The Morgan fingerprint density at radius 3 is 2.55 bits per heavy atom. The zero-order chi connectivity index (χ0) is 20.2. The molecule has 0 aliphatic heterocycles. The second-order valence-electron chi connectivity index (χ2n) is 6.39. The van der Waals surface area contributed by atoms with E-state index in [0.717, 1.165) is 17.0 Å². The van der Waals surface area contributed by atoms with Crippen LogP contribution in [0.25, 0.3) is 16.3 Å². The van der Waals surface area contributed by atoms with E-state index in [9.17, 15) is 4.79 Å². The molecule has 0 saturated heterocycles. The predicted molar refractivity (Wildman–Crippen MR) is 119 cm³/mol. The first-order valence-electron chi connectivity index (χ1n) is 9.03. The average molecular weight is 442 g/mol. The normalized spacial score (nSPS) is 10.8. The van der Waals surface area contributed by atoms with E-state index < -0.39 is 0 Å². The van der Waals surface area contributed by atoms with Crippen molar-refractivity contribution in [3.63, 3.8) is 0 Å². The number of thiophene rings is 1. The molecule has 4 aromatic rings. The van der Waals surface area contributed by atoms with Gasteiger partial charge < -0.3 is 5.32 Å². The number of amides is 1. The molecule has 1 amide bonds. The molecule has 7 heteroatoms. The second kappa shape index (κ2) is 8.82. The molecule has 146 valence electrons. The molecule has 2 aromatic heterocycles. The van der Waals surface area contributed by atoms with Gasteiger partial charge in [-0.05, 0) is 47.7 Å². The summed E-state index contributed by atoms with van der Waals surface area (Å²) in [6.45, 7) is 0.531. The van der Waals surface area contributed by atoms with Crippen LogP contribution in [0.2, 0.25) is 10.0 Å². The fraction of sp³-hybridized carbons (Fsp3) is 0.0909. The fourth-order valence-electron chi connectivity index (χ4n) is 2.96. The van der Waals surface area contributed by atoms with Crippen LogP contribution in [0.5, 0.6) is 0 Å². The maximum absolute atomic E-state index is 12.9. The number of aromatic nitrogens is 2. The number of rotatable bonds is 6. The minimum absolute atomic E-state index is 0.192. The van der Waals surface area contributed by atoms with Gasteiger partial charge in [-0.1, -0.05) is 59.6 Å². The fourth-order valence-corrected chi connectivity index (χ4v) is 3.93. The lowest BCUT2D eigenvalue weighted by molar-refractivity contribution is 0.0946. The third-order valence-corrected chi connectivity index (χ3v) is 6.04. The van der Waals surface area contributed by atoms with Crippen molar-refractivity contribution < 1.29 is 4.79 Å². The number of carbonyl (C=O) groups is 1. The van der Waals surface area contributed by atoms with Gasteiger partial charge in [0.25, 0.3) is 5.91 Å². The van der Waals surface area contributed by atoms with E-state index in [2.05, 4.69) is 10.4 Å². The third-order valence-electron chi connectivity index (χ3n) is 4.41. The minimum Gasteiger partial charge on any atom is -0.350 e.